The van der Waals surface area contributed by atoms with Gasteiger partial charge in [0.1, 0.15) is 11.6 Å². The van der Waals surface area contributed by atoms with Crippen molar-refractivity contribution in [3.8, 4) is 0 Å². The average Bonchev–Trinajstić information content (AvgIpc) is 4.71. The molecule has 0 radical (unpaired) electrons. The molecule has 0 unspecified atom stereocenters. The van der Waals surface area contributed by atoms with E-state index >= 15 is 0 Å². The fourth-order valence-corrected chi connectivity index (χ4v) is 7.53. The Balaban J connectivity index is -0.0000000882. The lowest BCUT2D eigenvalue weighted by atomic mass is 9.91. The Morgan fingerprint density at radius 2 is 0.979 bits per heavy atom. The SMILES string of the molecule is CC.CC.CC.CC.CC.CC.CC.CC.CC.CC.CC.CC1=CC=CC1.CC1CCCCC1.CC1CCNCC1.CN1CCOCC1.Cc1ccccc1.Cc1ccccn1.Cc1cccnc1.Cc1ccco1.Cc1cccs1.Cc1ccsc1.Cc1ncccn1. The summed E-state index contributed by atoms with van der Waals surface area (Å²) < 4.78 is 9.93. The third-order valence-corrected chi connectivity index (χ3v) is 12.6. The minimum Gasteiger partial charge on any atom is -0.470 e. The van der Waals surface area contributed by atoms with E-state index < -0.39 is 0 Å². The Kier molecular flexibility index (Phi) is 132. The first-order valence-electron chi connectivity index (χ1n) is 37.1. The third-order valence-electron chi connectivity index (χ3n) is 11.0. The molecule has 2 saturated heterocycles. The van der Waals surface area contributed by atoms with E-state index in [1.807, 2.05) is 247 Å². The van der Waals surface area contributed by atoms with Gasteiger partial charge in [-0.3, -0.25) is 9.97 Å². The van der Waals surface area contributed by atoms with Crippen molar-refractivity contribution < 1.29 is 9.15 Å². The van der Waals surface area contributed by atoms with Crippen LogP contribution in [0, 0.1) is 60.3 Å². The molecule has 3 fully saturated rings. The fraction of sp³-hybridized carbons (Fsp3) is 0.576. The predicted molar refractivity (Wildman–Crippen MR) is 442 cm³/mol. The van der Waals surface area contributed by atoms with Gasteiger partial charge in [0.05, 0.1) is 19.5 Å². The topological polar surface area (TPSA) is 89.2 Å². The summed E-state index contributed by atoms with van der Waals surface area (Å²) in [5, 5.41) is 9.60. The van der Waals surface area contributed by atoms with Gasteiger partial charge in [-0.15, -0.1) is 11.3 Å². The van der Waals surface area contributed by atoms with Crippen LogP contribution in [0.3, 0.4) is 0 Å². The number of allylic oxidation sites excluding steroid dienone is 4. The minimum atomic E-state index is 0.822. The second-order valence-corrected chi connectivity index (χ2v) is 20.4. The molecule has 1 N–H and O–H groups in total. The molecule has 8 heterocycles. The van der Waals surface area contributed by atoms with E-state index in [4.69, 9.17) is 9.15 Å². The van der Waals surface area contributed by atoms with E-state index in [0.29, 0.717) is 0 Å². The van der Waals surface area contributed by atoms with E-state index in [1.165, 1.54) is 91.6 Å². The Bertz CT molecular complexity index is 1940. The number of aryl methyl sites for hydroxylation is 7. The molecule has 95 heavy (non-hydrogen) atoms. The van der Waals surface area contributed by atoms with Crippen LogP contribution in [0.4, 0.5) is 0 Å². The molecule has 6 aromatic heterocycles. The van der Waals surface area contributed by atoms with Crippen molar-refractivity contribution in [1.29, 1.82) is 0 Å². The van der Waals surface area contributed by atoms with Gasteiger partial charge in [-0.1, -0.05) is 276 Å². The highest BCUT2D eigenvalue weighted by atomic mass is 32.1. The molecule has 0 atom stereocenters. The Hall–Kier alpha value is -5.36. The largest absolute Gasteiger partial charge is 0.470 e. The average molecular weight is 1360 g/mol. The van der Waals surface area contributed by atoms with Crippen LogP contribution in [-0.4, -0.2) is 71.3 Å². The zero-order chi connectivity index (χ0) is 75.4. The van der Waals surface area contributed by atoms with Gasteiger partial charge in [0.25, 0.3) is 0 Å². The Morgan fingerprint density at radius 3 is 1.17 bits per heavy atom. The van der Waals surface area contributed by atoms with Gasteiger partial charge in [0, 0.05) is 54.6 Å². The summed E-state index contributed by atoms with van der Waals surface area (Å²) in [6.45, 7) is 71.4. The summed E-state index contributed by atoms with van der Waals surface area (Å²) in [5.74, 6) is 3.80. The molecular formula is C85H158N6O2S2. The lowest BCUT2D eigenvalue weighted by Crippen LogP contribution is -2.32. The van der Waals surface area contributed by atoms with Crippen LogP contribution < -0.4 is 5.32 Å². The smallest absolute Gasteiger partial charge is 0.125 e. The Morgan fingerprint density at radius 1 is 0.474 bits per heavy atom. The molecule has 7 aromatic rings. The van der Waals surface area contributed by atoms with Crippen LogP contribution in [0.5, 0.6) is 0 Å². The number of rotatable bonds is 0. The van der Waals surface area contributed by atoms with Crippen LogP contribution in [-0.2, 0) is 4.74 Å². The highest BCUT2D eigenvalue weighted by molar-refractivity contribution is 7.09. The molecule has 1 saturated carbocycles. The first-order valence-corrected chi connectivity index (χ1v) is 38.9. The predicted octanol–water partition coefficient (Wildman–Crippen LogP) is 28.0. The number of likely N-dealkylation sites (N-methyl/N-ethyl adjacent to an activating group) is 1. The quantitative estimate of drug-likeness (QED) is 0.161. The van der Waals surface area contributed by atoms with Gasteiger partial charge in [0.15, 0.2) is 0 Å². The van der Waals surface area contributed by atoms with Crippen LogP contribution in [0.15, 0.2) is 179 Å². The van der Waals surface area contributed by atoms with Crippen molar-refractivity contribution in [1.82, 2.24) is 30.2 Å². The van der Waals surface area contributed by atoms with E-state index in [0.717, 1.165) is 55.4 Å². The highest BCUT2D eigenvalue weighted by Crippen LogP contribution is 2.22. The number of hydrogen-bond acceptors (Lipinski definition) is 10. The summed E-state index contributed by atoms with van der Waals surface area (Å²) in [6, 6.07) is 31.9. The lowest BCUT2D eigenvalue weighted by molar-refractivity contribution is 0.0503. The highest BCUT2D eigenvalue weighted by Gasteiger charge is 2.06. The third kappa shape index (κ3) is 108. The molecule has 0 spiro atoms. The van der Waals surface area contributed by atoms with Crippen molar-refractivity contribution >= 4 is 22.7 Å². The zero-order valence-corrected chi connectivity index (χ0v) is 70.2. The van der Waals surface area contributed by atoms with E-state index in [2.05, 4.69) is 143 Å². The van der Waals surface area contributed by atoms with Gasteiger partial charge < -0.3 is 19.4 Å². The van der Waals surface area contributed by atoms with Gasteiger partial charge >= 0.3 is 0 Å². The van der Waals surface area contributed by atoms with Gasteiger partial charge in [-0.05, 0) is 182 Å². The van der Waals surface area contributed by atoms with Crippen LogP contribution in [0.2, 0.25) is 0 Å². The van der Waals surface area contributed by atoms with Crippen LogP contribution in [0.25, 0.3) is 0 Å². The van der Waals surface area contributed by atoms with E-state index in [9.17, 15) is 0 Å². The van der Waals surface area contributed by atoms with Crippen LogP contribution >= 0.6 is 22.7 Å². The molecule has 1 aromatic carbocycles. The second kappa shape index (κ2) is 110. The minimum absolute atomic E-state index is 0.822. The number of hydrogen-bond donors (Lipinski definition) is 1. The number of ether oxygens (including phenoxy) is 1. The summed E-state index contributed by atoms with van der Waals surface area (Å²) in [5.41, 5.74) is 6.43. The van der Waals surface area contributed by atoms with Gasteiger partial charge in [-0.2, -0.15) is 11.3 Å². The molecule has 4 aliphatic rings. The van der Waals surface area contributed by atoms with Crippen molar-refractivity contribution in [2.75, 3.05) is 46.4 Å². The lowest BCUT2D eigenvalue weighted by Gasteiger charge is -2.21. The molecule has 10 heteroatoms. The zero-order valence-electron chi connectivity index (χ0n) is 68.6. The first-order chi connectivity index (χ1) is 46.3. The number of morpholine rings is 1. The first kappa shape index (κ1) is 114. The van der Waals surface area contributed by atoms with E-state index in [-0.39, 0.29) is 0 Å². The maximum Gasteiger partial charge on any atom is 0.125 e. The van der Waals surface area contributed by atoms with Gasteiger partial charge in [0.2, 0.25) is 0 Å². The molecule has 0 bridgehead atoms. The molecule has 2 aliphatic heterocycles. The number of nitrogens with one attached hydrogen (secondary N) is 1. The maximum absolute atomic E-state index is 5.10. The van der Waals surface area contributed by atoms with Gasteiger partial charge in [-0.25, -0.2) is 9.97 Å². The monoisotopic (exact) mass is 1360 g/mol. The van der Waals surface area contributed by atoms with Crippen molar-refractivity contribution in [2.45, 2.75) is 273 Å². The number of furan rings is 1. The Labute approximate surface area is 602 Å². The molecule has 8 nitrogen and oxygen atoms in total. The summed E-state index contributed by atoms with van der Waals surface area (Å²) >= 11 is 3.52. The van der Waals surface area contributed by atoms with Crippen molar-refractivity contribution in [3.63, 3.8) is 0 Å². The maximum atomic E-state index is 5.10. The number of benzene rings is 1. The fourth-order valence-electron chi connectivity index (χ4n) is 6.34. The number of nitrogens with zero attached hydrogens (tertiary/aromatic N) is 5. The number of aromatic nitrogens is 4. The normalized spacial score (nSPS) is 11.7. The molecule has 552 valence electrons. The summed E-state index contributed by atoms with van der Waals surface area (Å²) in [6.07, 6.45) is 28.2. The molecule has 2 aliphatic carbocycles. The number of thiophene rings is 2. The molecule has 0 amide bonds. The standard InChI is InChI=1S/C7H14.C7H8.C6H13N.2C6H7N.C6H8.C5H6N2.C5H11NO.C5H6O.2C5H6S.11C2H6/c2*1-7-5-3-2-4-6-7;1-6-2-4-7-5-3-6;1-6-3-2-4-7-5-6;1-6-4-2-3-5-7-6;1-6-4-2-3-5-6;1-5-6-3-2-4-7-5;1-6-2-4-7-5-3-6;1-5-3-2-4-6-5;1-5-2-3-6-4-5;1-5-3-2-4-6-5;11*1-2/h7H,2-6H2,1H3;2-6H,1H3;6-7H,2-5H2,1H3;2*2-5H,1H3;2-4H,5H2,1H3;2-4H,1H3;2-5H2,1H3;3*2-4H,1H3;11*1-2H3. The van der Waals surface area contributed by atoms with E-state index in [1.54, 1.807) is 59.8 Å². The second-order valence-electron chi connectivity index (χ2n) is 18.4. The van der Waals surface area contributed by atoms with Crippen molar-refractivity contribution in [3.05, 3.63) is 213 Å². The summed E-state index contributed by atoms with van der Waals surface area (Å²) in [7, 11) is 2.11. The van der Waals surface area contributed by atoms with Crippen LogP contribution in [0.1, 0.15) is 263 Å². The number of piperidine rings is 1. The molecule has 11 rings (SSSR count). The molecular weight excluding hydrogens is 1200 g/mol. The van der Waals surface area contributed by atoms with Crippen molar-refractivity contribution in [2.24, 2.45) is 11.8 Å². The summed E-state index contributed by atoms with van der Waals surface area (Å²) in [4.78, 5) is 19.3. The number of pyridine rings is 2.